The minimum atomic E-state index is -0.415. The van der Waals surface area contributed by atoms with Crippen LogP contribution in [0.15, 0.2) is 18.2 Å². The Kier molecular flexibility index (Phi) is 6.77. The molecule has 6 heteroatoms. The molecular formula is C18H30AlLiN2O2. The Labute approximate surface area is 168 Å². The van der Waals surface area contributed by atoms with Crippen molar-refractivity contribution >= 4 is 36.2 Å². The van der Waals surface area contributed by atoms with E-state index in [9.17, 15) is 0 Å². The molecule has 2 fully saturated rings. The van der Waals surface area contributed by atoms with Crippen molar-refractivity contribution in [2.75, 3.05) is 26.7 Å². The van der Waals surface area contributed by atoms with Gasteiger partial charge in [-0.25, -0.2) is 0 Å². The summed E-state index contributed by atoms with van der Waals surface area (Å²) in [6.45, 7) is 5.48. The van der Waals surface area contributed by atoms with Crippen LogP contribution in [0.25, 0.3) is 0 Å². The average molecular weight is 340 g/mol. The molecule has 0 bridgehead atoms. The van der Waals surface area contributed by atoms with Crippen molar-refractivity contribution in [2.45, 2.75) is 44.4 Å². The zero-order valence-electron chi connectivity index (χ0n) is 13.6. The summed E-state index contributed by atoms with van der Waals surface area (Å²) < 4.78 is 12.4. The van der Waals surface area contributed by atoms with Crippen LogP contribution in [0.1, 0.15) is 44.2 Å². The van der Waals surface area contributed by atoms with Crippen LogP contribution in [0.4, 0.5) is 0 Å². The molecule has 0 unspecified atom stereocenters. The number of nitrogens with zero attached hydrogens (tertiary/aromatic N) is 1. The molecule has 1 aromatic rings. The monoisotopic (exact) mass is 340 g/mol. The van der Waals surface area contributed by atoms with E-state index < -0.39 is 5.79 Å². The summed E-state index contributed by atoms with van der Waals surface area (Å²) in [6.07, 6.45) is 4.37. The quantitative estimate of drug-likeness (QED) is 0.777. The summed E-state index contributed by atoms with van der Waals surface area (Å²) >= 11 is 0. The van der Waals surface area contributed by atoms with Gasteiger partial charge < -0.3 is 19.7 Å². The van der Waals surface area contributed by atoms with E-state index in [0.717, 1.165) is 49.9 Å². The molecule has 2 saturated heterocycles. The Morgan fingerprint density at radius 3 is 2.50 bits per heavy atom. The number of piperidine rings is 2. The van der Waals surface area contributed by atoms with Gasteiger partial charge in [0, 0.05) is 32.0 Å². The summed E-state index contributed by atoms with van der Waals surface area (Å²) in [7, 11) is 2.16. The molecule has 3 aliphatic rings. The van der Waals surface area contributed by atoms with Crippen LogP contribution < -0.4 is 14.8 Å². The number of ether oxygens (including phenoxy) is 2. The number of hydrogen-bond donors (Lipinski definition) is 1. The first-order valence-corrected chi connectivity index (χ1v) is 8.57. The molecule has 2 atom stereocenters. The predicted molar refractivity (Wildman–Crippen MR) is 103 cm³/mol. The summed E-state index contributed by atoms with van der Waals surface area (Å²) in [6, 6.07) is 6.94. The van der Waals surface area contributed by atoms with Crippen LogP contribution in [-0.2, 0) is 0 Å². The van der Waals surface area contributed by atoms with Gasteiger partial charge in [-0.1, -0.05) is 13.0 Å². The van der Waals surface area contributed by atoms with Gasteiger partial charge >= 0.3 is 18.9 Å². The fraction of sp³-hybridized carbons (Fsp3) is 0.667. The molecule has 0 amide bonds. The molecule has 1 aromatic carbocycles. The molecule has 24 heavy (non-hydrogen) atoms. The standard InChI is InChI=1S/C18H26N2O2.Al.Li.4H/c1-13-3-5-15(19-12-13)14-4-6-16-17(11-14)22-18(21-16)7-9-20(2)10-8-18;;;;;;/h4,6,11,13,15,19H,3,5,7-10,12H2,1-2H3;;;;;;/t13-,15+;;;;;;/m0....../s1. The van der Waals surface area contributed by atoms with Crippen molar-refractivity contribution in [1.29, 1.82) is 0 Å². The van der Waals surface area contributed by atoms with E-state index in [1.165, 1.54) is 18.4 Å². The molecule has 0 saturated carbocycles. The molecule has 3 heterocycles. The van der Waals surface area contributed by atoms with Crippen molar-refractivity contribution in [3.05, 3.63) is 23.8 Å². The van der Waals surface area contributed by atoms with Crippen molar-refractivity contribution in [3.63, 3.8) is 0 Å². The molecular weight excluding hydrogens is 310 g/mol. The molecule has 1 N–H and O–H groups in total. The Bertz CT molecular complexity index is 556. The van der Waals surface area contributed by atoms with Crippen molar-refractivity contribution < 1.29 is 9.47 Å². The molecule has 3 aliphatic heterocycles. The predicted octanol–water partition coefficient (Wildman–Crippen LogP) is 1.11. The van der Waals surface area contributed by atoms with Gasteiger partial charge in [0.05, 0.1) is 0 Å². The Morgan fingerprint density at radius 2 is 1.83 bits per heavy atom. The maximum absolute atomic E-state index is 6.26. The van der Waals surface area contributed by atoms with Gasteiger partial charge in [0.25, 0.3) is 5.79 Å². The first kappa shape index (κ1) is 20.2. The van der Waals surface area contributed by atoms with E-state index in [2.05, 4.69) is 42.4 Å². The maximum atomic E-state index is 6.26. The first-order chi connectivity index (χ1) is 10.6. The number of nitrogens with one attached hydrogen (secondary N) is 1. The SMILES string of the molecule is C[C@H]1CC[C@H](c2ccc3c(c2)OC2(CCN(C)CC2)O3)NC1.[AlH3].[LiH]. The Balaban J connectivity index is 0.00000104. The van der Waals surface area contributed by atoms with Gasteiger partial charge in [-0.15, -0.1) is 0 Å². The van der Waals surface area contributed by atoms with E-state index in [0.29, 0.717) is 6.04 Å². The van der Waals surface area contributed by atoms with Crippen LogP contribution in [0.3, 0.4) is 0 Å². The summed E-state index contributed by atoms with van der Waals surface area (Å²) in [5.74, 6) is 2.22. The normalized spacial score (nSPS) is 28.1. The molecule has 4 rings (SSSR count). The third-order valence-corrected chi connectivity index (χ3v) is 5.37. The summed E-state index contributed by atoms with van der Waals surface area (Å²) in [4.78, 5) is 2.33. The van der Waals surface area contributed by atoms with Crippen LogP contribution >= 0.6 is 0 Å². The Morgan fingerprint density at radius 1 is 1.12 bits per heavy atom. The zero-order valence-corrected chi connectivity index (χ0v) is 13.6. The van der Waals surface area contributed by atoms with Crippen LogP contribution in [-0.4, -0.2) is 73.6 Å². The van der Waals surface area contributed by atoms with Gasteiger partial charge in [0.15, 0.2) is 28.9 Å². The van der Waals surface area contributed by atoms with Gasteiger partial charge in [-0.3, -0.25) is 0 Å². The van der Waals surface area contributed by atoms with Crippen LogP contribution in [0.2, 0.25) is 0 Å². The fourth-order valence-electron chi connectivity index (χ4n) is 3.77. The molecule has 0 aliphatic carbocycles. The van der Waals surface area contributed by atoms with Gasteiger partial charge in [-0.05, 0) is 50.0 Å². The van der Waals surface area contributed by atoms with Crippen LogP contribution in [0, 0.1) is 5.92 Å². The van der Waals surface area contributed by atoms with E-state index >= 15 is 0 Å². The second-order valence-electron chi connectivity index (χ2n) is 7.27. The number of fused-ring (bicyclic) bond motifs is 1. The zero-order chi connectivity index (χ0) is 15.2. The van der Waals surface area contributed by atoms with Crippen molar-refractivity contribution in [1.82, 2.24) is 10.2 Å². The summed E-state index contributed by atoms with van der Waals surface area (Å²) in [5, 5.41) is 3.65. The topological polar surface area (TPSA) is 33.7 Å². The Hall–Kier alpha value is -0.130. The molecule has 128 valence electrons. The number of likely N-dealkylation sites (tertiary alicyclic amines) is 1. The first-order valence-electron chi connectivity index (χ1n) is 8.57. The third kappa shape index (κ3) is 3.99. The van der Waals surface area contributed by atoms with Gasteiger partial charge in [0.1, 0.15) is 0 Å². The van der Waals surface area contributed by atoms with E-state index in [4.69, 9.17) is 9.47 Å². The average Bonchev–Trinajstić information content (AvgIpc) is 2.88. The number of hydrogen-bond acceptors (Lipinski definition) is 4. The van der Waals surface area contributed by atoms with Crippen molar-refractivity contribution in [3.8, 4) is 11.5 Å². The van der Waals surface area contributed by atoms with Gasteiger partial charge in [-0.2, -0.15) is 0 Å². The molecule has 0 radical (unpaired) electrons. The van der Waals surface area contributed by atoms with E-state index in [-0.39, 0.29) is 36.2 Å². The fourth-order valence-corrected chi connectivity index (χ4v) is 3.77. The molecule has 1 spiro atoms. The molecule has 4 nitrogen and oxygen atoms in total. The van der Waals surface area contributed by atoms with Crippen LogP contribution in [0.5, 0.6) is 11.5 Å². The molecule has 0 aromatic heterocycles. The second-order valence-corrected chi connectivity index (χ2v) is 7.27. The van der Waals surface area contributed by atoms with E-state index in [1.54, 1.807) is 0 Å². The van der Waals surface area contributed by atoms with Gasteiger partial charge in [0.2, 0.25) is 0 Å². The number of rotatable bonds is 1. The number of benzene rings is 1. The van der Waals surface area contributed by atoms with E-state index in [1.807, 2.05) is 0 Å². The third-order valence-electron chi connectivity index (χ3n) is 5.37. The summed E-state index contributed by atoms with van der Waals surface area (Å²) in [5.41, 5.74) is 1.33. The second kappa shape index (κ2) is 8.05. The van der Waals surface area contributed by atoms with Crippen molar-refractivity contribution in [2.24, 2.45) is 5.92 Å². The minimum absolute atomic E-state index is 0.